The molecule has 7 N–H and O–H groups in total. The number of nitrogen functional groups attached to an aromatic ring is 1. The molecule has 2 aliphatic rings. The van der Waals surface area contributed by atoms with E-state index in [0.717, 1.165) is 32.4 Å². The molecule has 202 valence electrons. The molecular formula is C22H27N9O7. The number of nitrogens with one attached hydrogen (secondary N) is 2. The number of aliphatic hydroxyl groups excluding tert-OH is 3. The zero-order valence-electron chi connectivity index (χ0n) is 20.1. The Morgan fingerprint density at radius 1 is 1.26 bits per heavy atom. The zero-order chi connectivity index (χ0) is 27.0. The van der Waals surface area contributed by atoms with Gasteiger partial charge in [-0.2, -0.15) is 10.1 Å². The minimum absolute atomic E-state index is 0.0409. The third-order valence-corrected chi connectivity index (χ3v) is 6.61. The summed E-state index contributed by atoms with van der Waals surface area (Å²) in [5.41, 5.74) is 8.41. The van der Waals surface area contributed by atoms with Gasteiger partial charge < -0.3 is 30.7 Å². The highest BCUT2D eigenvalue weighted by Crippen LogP contribution is 2.34. The van der Waals surface area contributed by atoms with E-state index in [2.05, 4.69) is 25.5 Å². The number of imidazole rings is 1. The van der Waals surface area contributed by atoms with Gasteiger partial charge in [-0.15, -0.1) is 0 Å². The van der Waals surface area contributed by atoms with Gasteiger partial charge in [0, 0.05) is 24.7 Å². The fourth-order valence-electron chi connectivity index (χ4n) is 4.75. The highest BCUT2D eigenvalue weighted by Gasteiger charge is 2.45. The Labute approximate surface area is 214 Å². The maximum atomic E-state index is 12.4. The first-order chi connectivity index (χ1) is 18.3. The molecule has 4 atom stereocenters. The first kappa shape index (κ1) is 25.5. The number of aromatic amines is 1. The van der Waals surface area contributed by atoms with Gasteiger partial charge in [-0.3, -0.25) is 24.5 Å². The average molecular weight is 530 g/mol. The molecule has 2 aromatic heterocycles. The summed E-state index contributed by atoms with van der Waals surface area (Å²) in [7, 11) is 0. The van der Waals surface area contributed by atoms with E-state index in [0.29, 0.717) is 11.3 Å². The van der Waals surface area contributed by atoms with Crippen LogP contribution in [-0.2, 0) is 4.74 Å². The van der Waals surface area contributed by atoms with E-state index in [1.54, 1.807) is 12.1 Å². The fourth-order valence-corrected chi connectivity index (χ4v) is 4.75. The number of nitrogens with two attached hydrogens (primary N) is 1. The number of aromatic nitrogens is 4. The number of piperidine rings is 1. The lowest BCUT2D eigenvalue weighted by Gasteiger charge is -2.28. The van der Waals surface area contributed by atoms with Crippen molar-refractivity contribution in [2.45, 2.75) is 43.8 Å². The molecule has 1 aromatic carbocycles. The molecular weight excluding hydrogens is 502 g/mol. The molecule has 0 radical (unpaired) electrons. The normalized spacial score (nSPS) is 23.9. The number of nitro groups is 1. The number of anilines is 3. The number of hydrogen-bond acceptors (Lipinski definition) is 13. The van der Waals surface area contributed by atoms with E-state index in [-0.39, 0.29) is 28.7 Å². The second kappa shape index (κ2) is 10.3. The Hall–Kier alpha value is -4.12. The number of nitro benzene ring substituents is 1. The van der Waals surface area contributed by atoms with Crippen molar-refractivity contribution in [2.75, 3.05) is 35.8 Å². The van der Waals surface area contributed by atoms with Crippen LogP contribution in [0.5, 0.6) is 0 Å². The van der Waals surface area contributed by atoms with Crippen molar-refractivity contribution in [1.29, 1.82) is 0 Å². The van der Waals surface area contributed by atoms with E-state index in [1.165, 1.54) is 16.8 Å². The van der Waals surface area contributed by atoms with Crippen molar-refractivity contribution in [3.63, 3.8) is 0 Å². The number of hydrazone groups is 1. The smallest absolute Gasteiger partial charge is 0.293 e. The standard InChI is InChI=1S/C22H27N9O7/c23-21-26-18-15(19(35)27-21)25-22(30(18)20-17(34)16(33)14(10-32)38-20)28-24-9-11-4-5-12(13(8-11)31(36)37)29-6-2-1-3-7-29/h4-5,8-9,14,16-17,20,32-34H,1-3,6-7,10H2,(H,25,28)(H3,23,26,27,35)/b24-9-/t14-,16+,17-,20+/m0/s1. The fraction of sp³-hybridized carbons (Fsp3) is 0.455. The van der Waals surface area contributed by atoms with Crippen LogP contribution in [-0.4, -0.2) is 84.0 Å². The van der Waals surface area contributed by atoms with Gasteiger partial charge in [-0.25, -0.2) is 10.4 Å². The van der Waals surface area contributed by atoms with Crippen LogP contribution in [0.15, 0.2) is 28.1 Å². The number of nitrogens with zero attached hydrogens (tertiary/aromatic N) is 6. The van der Waals surface area contributed by atoms with E-state index in [4.69, 9.17) is 10.5 Å². The van der Waals surface area contributed by atoms with Gasteiger partial charge in [0.1, 0.15) is 24.0 Å². The Morgan fingerprint density at radius 2 is 2.03 bits per heavy atom. The largest absolute Gasteiger partial charge is 0.394 e. The molecule has 2 aliphatic heterocycles. The summed E-state index contributed by atoms with van der Waals surface area (Å²) < 4.78 is 6.79. The van der Waals surface area contributed by atoms with E-state index in [1.807, 2.05) is 4.90 Å². The molecule has 4 heterocycles. The number of rotatable bonds is 7. The van der Waals surface area contributed by atoms with Crippen molar-refractivity contribution in [2.24, 2.45) is 5.10 Å². The lowest BCUT2D eigenvalue weighted by atomic mass is 10.1. The van der Waals surface area contributed by atoms with Gasteiger partial charge in [0.15, 0.2) is 17.4 Å². The summed E-state index contributed by atoms with van der Waals surface area (Å²) in [5, 5.41) is 46.1. The van der Waals surface area contributed by atoms with Crippen LogP contribution in [0.25, 0.3) is 11.2 Å². The topological polar surface area (TPSA) is 230 Å². The molecule has 16 heteroatoms. The molecule has 38 heavy (non-hydrogen) atoms. The Balaban J connectivity index is 1.47. The number of aliphatic hydroxyl groups is 3. The monoisotopic (exact) mass is 529 g/mol. The molecule has 0 saturated carbocycles. The van der Waals surface area contributed by atoms with E-state index >= 15 is 0 Å². The zero-order valence-corrected chi connectivity index (χ0v) is 20.1. The SMILES string of the molecule is Nc1nc2c(nc(N/N=C\c3ccc(N4CCCCC4)c([N+](=O)[O-])c3)n2[C@@H]2O[C@@H](CO)[C@@H](O)[C@@H]2O)c(=O)[nH]1. The van der Waals surface area contributed by atoms with Crippen LogP contribution < -0.4 is 21.6 Å². The Morgan fingerprint density at radius 3 is 2.71 bits per heavy atom. The summed E-state index contributed by atoms with van der Waals surface area (Å²) in [4.78, 5) is 36.3. The summed E-state index contributed by atoms with van der Waals surface area (Å²) in [6.07, 6.45) is -0.917. The molecule has 0 amide bonds. The van der Waals surface area contributed by atoms with Gasteiger partial charge in [0.2, 0.25) is 11.9 Å². The number of benzene rings is 1. The van der Waals surface area contributed by atoms with Crippen molar-refractivity contribution < 1.29 is 25.0 Å². The van der Waals surface area contributed by atoms with Gasteiger partial charge in [-0.05, 0) is 25.3 Å². The second-order valence-electron chi connectivity index (χ2n) is 9.08. The highest BCUT2D eigenvalue weighted by atomic mass is 16.6. The van der Waals surface area contributed by atoms with Crippen molar-refractivity contribution in [1.82, 2.24) is 19.5 Å². The minimum Gasteiger partial charge on any atom is -0.394 e. The molecule has 0 spiro atoms. The predicted molar refractivity (Wildman–Crippen MR) is 136 cm³/mol. The molecule has 2 fully saturated rings. The van der Waals surface area contributed by atoms with Crippen LogP contribution in [0.3, 0.4) is 0 Å². The number of ether oxygens (including phenoxy) is 1. The molecule has 0 bridgehead atoms. The van der Waals surface area contributed by atoms with Crippen molar-refractivity contribution in [3.05, 3.63) is 44.2 Å². The summed E-state index contributed by atoms with van der Waals surface area (Å²) in [5.74, 6) is -0.305. The third kappa shape index (κ3) is 4.65. The molecule has 5 rings (SSSR count). The van der Waals surface area contributed by atoms with Crippen LogP contribution >= 0.6 is 0 Å². The Bertz CT molecular complexity index is 1430. The molecule has 3 aromatic rings. The predicted octanol–water partition coefficient (Wildman–Crippen LogP) is -0.342. The van der Waals surface area contributed by atoms with E-state index < -0.39 is 41.6 Å². The lowest BCUT2D eigenvalue weighted by Crippen LogP contribution is -2.33. The van der Waals surface area contributed by atoms with Gasteiger partial charge in [-0.1, -0.05) is 6.07 Å². The summed E-state index contributed by atoms with van der Waals surface area (Å²) in [6.45, 7) is 0.944. The first-order valence-corrected chi connectivity index (χ1v) is 12.0. The maximum absolute atomic E-state index is 12.4. The van der Waals surface area contributed by atoms with E-state index in [9.17, 15) is 30.2 Å². The van der Waals surface area contributed by atoms with Crippen molar-refractivity contribution >= 4 is 40.6 Å². The number of H-pyrrole nitrogens is 1. The minimum atomic E-state index is -1.50. The summed E-state index contributed by atoms with van der Waals surface area (Å²) >= 11 is 0. The second-order valence-corrected chi connectivity index (χ2v) is 9.08. The van der Waals surface area contributed by atoms with Gasteiger partial charge in [0.05, 0.1) is 17.7 Å². The third-order valence-electron chi connectivity index (χ3n) is 6.61. The maximum Gasteiger partial charge on any atom is 0.293 e. The highest BCUT2D eigenvalue weighted by molar-refractivity contribution is 5.84. The van der Waals surface area contributed by atoms with Gasteiger partial charge >= 0.3 is 0 Å². The van der Waals surface area contributed by atoms with Gasteiger partial charge in [0.25, 0.3) is 11.2 Å². The Kier molecular flexibility index (Phi) is 6.94. The quantitative estimate of drug-likeness (QED) is 0.131. The first-order valence-electron chi connectivity index (χ1n) is 12.0. The average Bonchev–Trinajstić information content (AvgIpc) is 3.40. The van der Waals surface area contributed by atoms with Crippen LogP contribution in [0, 0.1) is 10.1 Å². The van der Waals surface area contributed by atoms with Crippen LogP contribution in [0.1, 0.15) is 31.1 Å². The summed E-state index contributed by atoms with van der Waals surface area (Å²) in [6, 6.07) is 4.80. The van der Waals surface area contributed by atoms with Crippen LogP contribution in [0.4, 0.5) is 23.3 Å². The molecule has 0 aliphatic carbocycles. The molecule has 2 saturated heterocycles. The van der Waals surface area contributed by atoms with Crippen LogP contribution in [0.2, 0.25) is 0 Å². The lowest BCUT2D eigenvalue weighted by molar-refractivity contribution is -0.384. The molecule has 16 nitrogen and oxygen atoms in total. The van der Waals surface area contributed by atoms with Crippen molar-refractivity contribution in [3.8, 4) is 0 Å². The number of fused-ring (bicyclic) bond motifs is 1. The number of hydrogen-bond donors (Lipinski definition) is 6. The molecule has 0 unspecified atom stereocenters.